The van der Waals surface area contributed by atoms with Gasteiger partial charge in [-0.1, -0.05) is 0 Å². The molecular formula is C10H15N5O2. The van der Waals surface area contributed by atoms with Crippen LogP contribution in [0.15, 0.2) is 12.4 Å². The highest BCUT2D eigenvalue weighted by Gasteiger charge is 2.24. The van der Waals surface area contributed by atoms with E-state index in [2.05, 4.69) is 20.5 Å². The number of nitrogens with one attached hydrogen (secondary N) is 1. The van der Waals surface area contributed by atoms with E-state index in [1.165, 1.54) is 0 Å². The number of hydrogen-bond donors (Lipinski definition) is 3. The molecule has 0 bridgehead atoms. The first-order chi connectivity index (χ1) is 8.09. The maximum Gasteiger partial charge on any atom is 0.203 e. The van der Waals surface area contributed by atoms with E-state index in [-0.39, 0.29) is 13.2 Å². The first-order valence-electron chi connectivity index (χ1n) is 5.26. The second-order valence-corrected chi connectivity index (χ2v) is 4.22. The Labute approximate surface area is 98.1 Å². The number of nitrogens with zero attached hydrogens (tertiary/aromatic N) is 4. The van der Waals surface area contributed by atoms with Crippen molar-refractivity contribution in [2.75, 3.05) is 18.5 Å². The average Bonchev–Trinajstić information content (AvgIpc) is 2.72. The first kappa shape index (κ1) is 11.7. The summed E-state index contributed by atoms with van der Waals surface area (Å²) in [6, 6.07) is 0. The summed E-state index contributed by atoms with van der Waals surface area (Å²) in [7, 11) is 0. The molecule has 2 rings (SSSR count). The zero-order valence-electron chi connectivity index (χ0n) is 9.75. The predicted molar refractivity (Wildman–Crippen MR) is 61.7 cm³/mol. The number of anilines is 1. The fraction of sp³-hybridized carbons (Fsp3) is 0.500. The highest BCUT2D eigenvalue weighted by atomic mass is 16.3. The molecule has 2 heterocycles. The molecule has 0 aliphatic carbocycles. The zero-order chi connectivity index (χ0) is 12.5. The summed E-state index contributed by atoms with van der Waals surface area (Å²) >= 11 is 0. The maximum absolute atomic E-state index is 9.23. The van der Waals surface area contributed by atoms with E-state index in [4.69, 9.17) is 0 Å². The average molecular weight is 237 g/mol. The number of hydrogen-bond acceptors (Lipinski definition) is 6. The second-order valence-electron chi connectivity index (χ2n) is 4.22. The van der Waals surface area contributed by atoms with Crippen molar-refractivity contribution >= 4 is 11.5 Å². The number of fused-ring (bicyclic) bond motifs is 1. The van der Waals surface area contributed by atoms with Gasteiger partial charge in [-0.3, -0.25) is 4.40 Å². The van der Waals surface area contributed by atoms with Gasteiger partial charge < -0.3 is 15.5 Å². The van der Waals surface area contributed by atoms with Gasteiger partial charge >= 0.3 is 0 Å². The van der Waals surface area contributed by atoms with Crippen LogP contribution in [0, 0.1) is 6.92 Å². The molecule has 7 nitrogen and oxygen atoms in total. The minimum atomic E-state index is -0.839. The van der Waals surface area contributed by atoms with Crippen molar-refractivity contribution in [2.45, 2.75) is 19.4 Å². The van der Waals surface area contributed by atoms with Crippen molar-refractivity contribution in [3.63, 3.8) is 0 Å². The Morgan fingerprint density at radius 1 is 1.35 bits per heavy atom. The Kier molecular flexibility index (Phi) is 2.95. The van der Waals surface area contributed by atoms with Crippen LogP contribution >= 0.6 is 0 Å². The zero-order valence-corrected chi connectivity index (χ0v) is 9.75. The summed E-state index contributed by atoms with van der Waals surface area (Å²) in [5.41, 5.74) is -0.271. The lowest BCUT2D eigenvalue weighted by molar-refractivity contribution is 0.147. The molecule has 0 saturated carbocycles. The molecule has 0 fully saturated rings. The molecule has 2 aromatic heterocycles. The fourth-order valence-corrected chi connectivity index (χ4v) is 1.44. The molecule has 0 spiro atoms. The summed E-state index contributed by atoms with van der Waals surface area (Å²) < 4.78 is 1.78. The van der Waals surface area contributed by atoms with Crippen LogP contribution in [0.5, 0.6) is 0 Å². The molecule has 0 aliphatic rings. The monoisotopic (exact) mass is 237 g/mol. The number of aromatic nitrogens is 4. The van der Waals surface area contributed by atoms with Crippen LogP contribution < -0.4 is 5.32 Å². The minimum Gasteiger partial charge on any atom is -0.394 e. The Balaban J connectivity index is 2.42. The molecule has 7 heteroatoms. The molecule has 0 unspecified atom stereocenters. The van der Waals surface area contributed by atoms with Gasteiger partial charge in [0.25, 0.3) is 0 Å². The van der Waals surface area contributed by atoms with Crippen molar-refractivity contribution in [1.82, 2.24) is 19.6 Å². The van der Waals surface area contributed by atoms with E-state index >= 15 is 0 Å². The Morgan fingerprint density at radius 2 is 2.06 bits per heavy atom. The lowest BCUT2D eigenvalue weighted by Gasteiger charge is -2.26. The Morgan fingerprint density at radius 3 is 2.71 bits per heavy atom. The largest absolute Gasteiger partial charge is 0.394 e. The highest BCUT2D eigenvalue weighted by Crippen LogP contribution is 2.17. The van der Waals surface area contributed by atoms with E-state index in [0.717, 1.165) is 5.82 Å². The molecule has 0 amide bonds. The maximum atomic E-state index is 9.23. The van der Waals surface area contributed by atoms with Crippen LogP contribution in [-0.4, -0.2) is 48.5 Å². The summed E-state index contributed by atoms with van der Waals surface area (Å²) in [5, 5.41) is 29.4. The van der Waals surface area contributed by atoms with Gasteiger partial charge in [-0.2, -0.15) is 0 Å². The first-order valence-corrected chi connectivity index (χ1v) is 5.26. The van der Waals surface area contributed by atoms with Gasteiger partial charge in [0.1, 0.15) is 5.82 Å². The van der Waals surface area contributed by atoms with E-state index in [9.17, 15) is 10.2 Å². The lowest BCUT2D eigenvalue weighted by atomic mass is 10.1. The van der Waals surface area contributed by atoms with Gasteiger partial charge in [0.2, 0.25) is 5.65 Å². The fourth-order valence-electron chi connectivity index (χ4n) is 1.44. The molecule has 0 aliphatic heterocycles. The van der Waals surface area contributed by atoms with Crippen molar-refractivity contribution in [3.05, 3.63) is 18.2 Å². The SMILES string of the molecule is Cc1nnc2c(NC(C)(CO)CO)nccn12. The summed E-state index contributed by atoms with van der Waals surface area (Å²) in [6.45, 7) is 3.11. The summed E-state index contributed by atoms with van der Waals surface area (Å²) in [6.07, 6.45) is 3.37. The van der Waals surface area contributed by atoms with Gasteiger partial charge in [-0.05, 0) is 13.8 Å². The van der Waals surface area contributed by atoms with Gasteiger partial charge in [-0.25, -0.2) is 4.98 Å². The standard InChI is InChI=1S/C10H15N5O2/c1-7-13-14-9-8(11-3-4-15(7)9)12-10(2,5-16)6-17/h3-4,16-17H,5-6H2,1-2H3,(H,11,12). The van der Waals surface area contributed by atoms with Gasteiger partial charge in [0.15, 0.2) is 5.82 Å². The van der Waals surface area contributed by atoms with Crippen molar-refractivity contribution in [3.8, 4) is 0 Å². The van der Waals surface area contributed by atoms with Crippen LogP contribution in [-0.2, 0) is 0 Å². The molecule has 17 heavy (non-hydrogen) atoms. The quantitative estimate of drug-likeness (QED) is 0.669. The molecule has 3 N–H and O–H groups in total. The topological polar surface area (TPSA) is 95.6 Å². The van der Waals surface area contributed by atoms with Crippen LogP contribution in [0.1, 0.15) is 12.7 Å². The van der Waals surface area contributed by atoms with Crippen LogP contribution in [0.2, 0.25) is 0 Å². The Bertz CT molecular complexity index is 520. The van der Waals surface area contributed by atoms with Crippen LogP contribution in [0.25, 0.3) is 5.65 Å². The van der Waals surface area contributed by atoms with E-state index in [0.29, 0.717) is 11.5 Å². The van der Waals surface area contributed by atoms with Gasteiger partial charge in [-0.15, -0.1) is 10.2 Å². The molecule has 2 aromatic rings. The molecule has 0 atom stereocenters. The second kappa shape index (κ2) is 4.27. The van der Waals surface area contributed by atoms with E-state index < -0.39 is 5.54 Å². The lowest BCUT2D eigenvalue weighted by Crippen LogP contribution is -2.42. The minimum absolute atomic E-state index is 0.209. The van der Waals surface area contributed by atoms with Crippen LogP contribution in [0.4, 0.5) is 5.82 Å². The molecule has 0 saturated heterocycles. The molecular weight excluding hydrogens is 222 g/mol. The summed E-state index contributed by atoms with van der Waals surface area (Å²) in [4.78, 5) is 4.14. The van der Waals surface area contributed by atoms with E-state index in [1.807, 2.05) is 6.92 Å². The van der Waals surface area contributed by atoms with Crippen molar-refractivity contribution in [2.24, 2.45) is 0 Å². The molecule has 0 aromatic carbocycles. The van der Waals surface area contributed by atoms with Gasteiger partial charge in [0.05, 0.1) is 18.8 Å². The van der Waals surface area contributed by atoms with E-state index in [1.54, 1.807) is 23.7 Å². The Hall–Kier alpha value is -1.73. The third-order valence-corrected chi connectivity index (χ3v) is 2.62. The van der Waals surface area contributed by atoms with Gasteiger partial charge in [0, 0.05) is 12.4 Å². The van der Waals surface area contributed by atoms with Crippen molar-refractivity contribution < 1.29 is 10.2 Å². The van der Waals surface area contributed by atoms with Crippen molar-refractivity contribution in [1.29, 1.82) is 0 Å². The third kappa shape index (κ3) is 2.06. The number of rotatable bonds is 4. The number of aryl methyl sites for hydroxylation is 1. The molecule has 0 radical (unpaired) electrons. The highest BCUT2D eigenvalue weighted by molar-refractivity contribution is 5.63. The number of aliphatic hydroxyl groups excluding tert-OH is 2. The normalized spacial score (nSPS) is 12.0. The number of aliphatic hydroxyl groups is 2. The molecule has 92 valence electrons. The van der Waals surface area contributed by atoms with Crippen LogP contribution in [0.3, 0.4) is 0 Å². The third-order valence-electron chi connectivity index (χ3n) is 2.62. The summed E-state index contributed by atoms with van der Waals surface area (Å²) in [5.74, 6) is 1.24. The predicted octanol–water partition coefficient (Wildman–Crippen LogP) is -0.412. The smallest absolute Gasteiger partial charge is 0.203 e.